The first-order valence-electron chi connectivity index (χ1n) is 15.2. The number of anilines is 4. The van der Waals surface area contributed by atoms with Crippen LogP contribution in [-0.2, 0) is 17.2 Å². The number of hydrogen-bond acceptors (Lipinski definition) is 9. The second-order valence-corrected chi connectivity index (χ2v) is 12.3. The molecular formula is C34H40N10O. The number of pyridine rings is 2. The van der Waals surface area contributed by atoms with Crippen LogP contribution in [0.4, 0.5) is 29.0 Å². The zero-order valence-corrected chi connectivity index (χ0v) is 26.8. The van der Waals surface area contributed by atoms with Crippen molar-refractivity contribution in [1.29, 1.82) is 0 Å². The second kappa shape index (κ2) is 12.2. The molecule has 5 heterocycles. The van der Waals surface area contributed by atoms with Crippen molar-refractivity contribution in [3.05, 3.63) is 77.6 Å². The molecule has 4 aromatic heterocycles. The normalized spacial score (nSPS) is 15.8. The van der Waals surface area contributed by atoms with Gasteiger partial charge in [0.25, 0.3) is 0 Å². The molecular weight excluding hydrogens is 564 g/mol. The molecule has 0 amide bonds. The summed E-state index contributed by atoms with van der Waals surface area (Å²) in [5.41, 5.74) is 5.03. The van der Waals surface area contributed by atoms with Crippen LogP contribution in [0, 0.1) is 6.92 Å². The van der Waals surface area contributed by atoms with Gasteiger partial charge in [0.15, 0.2) is 5.82 Å². The number of aromatic nitrogens is 6. The molecule has 11 heteroatoms. The van der Waals surface area contributed by atoms with E-state index in [9.17, 15) is 0 Å². The summed E-state index contributed by atoms with van der Waals surface area (Å²) in [6.45, 7) is 13.1. The Balaban J connectivity index is 1.37. The van der Waals surface area contributed by atoms with Gasteiger partial charge in [0.2, 0.25) is 0 Å². The molecule has 11 nitrogen and oxygen atoms in total. The van der Waals surface area contributed by atoms with Crippen LogP contribution in [0.5, 0.6) is 0 Å². The molecule has 1 aromatic carbocycles. The molecule has 1 fully saturated rings. The Morgan fingerprint density at radius 1 is 1.02 bits per heavy atom. The third kappa shape index (κ3) is 5.83. The van der Waals surface area contributed by atoms with E-state index in [2.05, 4.69) is 73.2 Å². The Labute approximate surface area is 263 Å². The van der Waals surface area contributed by atoms with Gasteiger partial charge in [0.05, 0.1) is 23.4 Å². The van der Waals surface area contributed by atoms with Gasteiger partial charge in [-0.15, -0.1) is 0 Å². The Morgan fingerprint density at radius 2 is 1.84 bits per heavy atom. The van der Waals surface area contributed by atoms with Gasteiger partial charge in [-0.05, 0) is 56.7 Å². The summed E-state index contributed by atoms with van der Waals surface area (Å²) in [6.07, 6.45) is 8.29. The number of ether oxygens (including phenoxy) is 1. The molecule has 1 aliphatic heterocycles. The van der Waals surface area contributed by atoms with Gasteiger partial charge in [0, 0.05) is 60.9 Å². The van der Waals surface area contributed by atoms with Gasteiger partial charge in [-0.2, -0.15) is 5.10 Å². The minimum atomic E-state index is -0.119. The Bertz CT molecular complexity index is 1890. The number of fused-ring (bicyclic) bond motifs is 1. The quantitative estimate of drug-likeness (QED) is 0.181. The molecule has 1 unspecified atom stereocenters. The van der Waals surface area contributed by atoms with Crippen molar-refractivity contribution in [3.8, 4) is 0 Å². The van der Waals surface area contributed by atoms with Crippen LogP contribution < -0.4 is 10.6 Å². The van der Waals surface area contributed by atoms with Crippen molar-refractivity contribution < 1.29 is 4.74 Å². The van der Waals surface area contributed by atoms with E-state index in [0.717, 1.165) is 70.8 Å². The summed E-state index contributed by atoms with van der Waals surface area (Å²) in [4.78, 5) is 23.2. The first-order chi connectivity index (χ1) is 21.7. The second-order valence-electron chi connectivity index (χ2n) is 12.3. The van der Waals surface area contributed by atoms with E-state index in [1.165, 1.54) is 0 Å². The van der Waals surface area contributed by atoms with Gasteiger partial charge >= 0.3 is 0 Å². The van der Waals surface area contributed by atoms with Crippen LogP contribution in [0.3, 0.4) is 0 Å². The van der Waals surface area contributed by atoms with Crippen molar-refractivity contribution in [3.63, 3.8) is 0 Å². The van der Waals surface area contributed by atoms with Gasteiger partial charge in [0.1, 0.15) is 29.4 Å². The fourth-order valence-corrected chi connectivity index (χ4v) is 5.70. The maximum atomic E-state index is 6.02. The third-order valence-corrected chi connectivity index (χ3v) is 8.19. The van der Waals surface area contributed by atoms with E-state index in [1.807, 2.05) is 40.7 Å². The van der Waals surface area contributed by atoms with Crippen molar-refractivity contribution in [2.24, 2.45) is 17.0 Å². The van der Waals surface area contributed by atoms with Crippen LogP contribution in [0.15, 0.2) is 65.1 Å². The zero-order chi connectivity index (χ0) is 31.7. The lowest BCUT2D eigenvalue weighted by Crippen LogP contribution is -2.17. The average molecular weight is 605 g/mol. The minimum absolute atomic E-state index is 0.0661. The predicted octanol–water partition coefficient (Wildman–Crippen LogP) is 7.15. The fourth-order valence-electron chi connectivity index (χ4n) is 5.70. The van der Waals surface area contributed by atoms with E-state index < -0.39 is 0 Å². The standard InChI is InChI=1S/C34H40N10O/c1-21-13-14-23-22(15-17-38-31(23)40-26-19-25(34(2,3)4)42-43(26)7)28(21)41-32-24(11-10-16-37-32)29(35-5)30-33(36-6)44(20-39-30)27-12-8-9-18-45-27/h10-11,13-17,19-20,27H,6,8-9,12,18H2,1-5,7H3,(H,37,41)(H,38,40)/b35-29-. The van der Waals surface area contributed by atoms with Crippen molar-refractivity contribution in [1.82, 2.24) is 29.3 Å². The highest BCUT2D eigenvalue weighted by Crippen LogP contribution is 2.36. The van der Waals surface area contributed by atoms with E-state index in [4.69, 9.17) is 24.8 Å². The third-order valence-electron chi connectivity index (χ3n) is 8.19. The van der Waals surface area contributed by atoms with Gasteiger partial charge < -0.3 is 15.4 Å². The van der Waals surface area contributed by atoms with Crippen molar-refractivity contribution in [2.75, 3.05) is 24.3 Å². The first-order valence-corrected chi connectivity index (χ1v) is 15.2. The number of rotatable bonds is 8. The van der Waals surface area contributed by atoms with Crippen molar-refractivity contribution >= 4 is 52.2 Å². The Morgan fingerprint density at radius 3 is 2.56 bits per heavy atom. The molecule has 1 aliphatic rings. The lowest BCUT2D eigenvalue weighted by atomic mass is 9.92. The number of benzene rings is 1. The molecule has 45 heavy (non-hydrogen) atoms. The summed E-state index contributed by atoms with van der Waals surface area (Å²) in [6, 6.07) is 12.2. The number of hydrogen-bond donors (Lipinski definition) is 2. The summed E-state index contributed by atoms with van der Waals surface area (Å²) in [5.74, 6) is 2.90. The number of imidazole rings is 1. The molecule has 0 radical (unpaired) electrons. The zero-order valence-electron chi connectivity index (χ0n) is 26.8. The molecule has 1 saturated heterocycles. The molecule has 5 aromatic rings. The highest BCUT2D eigenvalue weighted by molar-refractivity contribution is 6.17. The maximum absolute atomic E-state index is 6.02. The predicted molar refractivity (Wildman–Crippen MR) is 181 cm³/mol. The van der Waals surface area contributed by atoms with E-state index in [0.29, 0.717) is 23.0 Å². The largest absolute Gasteiger partial charge is 0.358 e. The van der Waals surface area contributed by atoms with Crippen molar-refractivity contribution in [2.45, 2.75) is 58.6 Å². The molecule has 0 bridgehead atoms. The number of nitrogens with one attached hydrogen (secondary N) is 2. The summed E-state index contributed by atoms with van der Waals surface area (Å²) in [7, 11) is 3.69. The lowest BCUT2D eigenvalue weighted by Gasteiger charge is -2.24. The smallest absolute Gasteiger partial charge is 0.163 e. The van der Waals surface area contributed by atoms with Crippen LogP contribution in [0.2, 0.25) is 0 Å². The van der Waals surface area contributed by atoms with E-state index >= 15 is 0 Å². The Hall–Kier alpha value is -4.90. The van der Waals surface area contributed by atoms with E-state index in [1.54, 1.807) is 19.6 Å². The van der Waals surface area contributed by atoms with E-state index in [-0.39, 0.29) is 11.6 Å². The molecule has 0 spiro atoms. The van der Waals surface area contributed by atoms with Crippen LogP contribution in [0.25, 0.3) is 10.8 Å². The fraction of sp³-hybridized carbons (Fsp3) is 0.353. The molecule has 0 aliphatic carbocycles. The molecule has 232 valence electrons. The highest BCUT2D eigenvalue weighted by atomic mass is 16.5. The van der Waals surface area contributed by atoms with Gasteiger partial charge in [-0.3, -0.25) is 14.2 Å². The molecule has 2 N–H and O–H groups in total. The first kappa shape index (κ1) is 30.1. The Kier molecular flexibility index (Phi) is 8.20. The topological polar surface area (TPSA) is 119 Å². The van der Waals surface area contributed by atoms with Crippen LogP contribution in [0.1, 0.15) is 68.8 Å². The SMILES string of the molecule is C=Nc1c(/C(=N\C)c2cccnc2Nc2c(C)ccc3c(Nc4cc(C(C)(C)C)nn4C)nccc23)ncn1C1CCCCO1. The summed E-state index contributed by atoms with van der Waals surface area (Å²) >= 11 is 0. The monoisotopic (exact) mass is 604 g/mol. The minimum Gasteiger partial charge on any atom is -0.358 e. The van der Waals surface area contributed by atoms with Crippen LogP contribution >= 0.6 is 0 Å². The number of aliphatic imine (C=N–C) groups is 2. The number of nitrogens with zero attached hydrogens (tertiary/aromatic N) is 8. The lowest BCUT2D eigenvalue weighted by molar-refractivity contribution is -0.0309. The van der Waals surface area contributed by atoms with Crippen LogP contribution in [-0.4, -0.2) is 55.4 Å². The molecule has 1 atom stereocenters. The average Bonchev–Trinajstić information content (AvgIpc) is 3.63. The number of aryl methyl sites for hydroxylation is 2. The summed E-state index contributed by atoms with van der Waals surface area (Å²) in [5, 5.41) is 13.8. The summed E-state index contributed by atoms with van der Waals surface area (Å²) < 4.78 is 9.83. The molecule has 6 rings (SSSR count). The highest BCUT2D eigenvalue weighted by Gasteiger charge is 2.25. The molecule has 0 saturated carbocycles. The van der Waals surface area contributed by atoms with Gasteiger partial charge in [-0.1, -0.05) is 32.9 Å². The van der Waals surface area contributed by atoms with Gasteiger partial charge in [-0.25, -0.2) is 19.9 Å². The maximum Gasteiger partial charge on any atom is 0.163 e.